The number of rotatable bonds is 9. The molecule has 9 heteroatoms. The van der Waals surface area contributed by atoms with Crippen LogP contribution in [0.4, 0.5) is 9.18 Å². The van der Waals surface area contributed by atoms with Crippen LogP contribution in [0.25, 0.3) is 0 Å². The normalized spacial score (nSPS) is 19.0. The molecular weight excluding hydrogens is 393 g/mol. The number of carbonyl (C=O) groups excluding carboxylic acids is 3. The standard InChI is InChI=1S/C21H30FN3O5/c1-13(2)10-18(25(3)21(29)30-17-6-4-15(22)5-7-17)20(28)24-16(12-26)11-14-8-9-23-19(14)27/h4-7,13-14,16,18,26H,8-12H2,1-3H3,(H,23,27)(H,24,28)/t14-,16?,18?/m0/s1/i3D2. The third-order valence-electron chi connectivity index (χ3n) is 4.86. The van der Waals surface area contributed by atoms with Crippen molar-refractivity contribution in [3.05, 3.63) is 30.1 Å². The summed E-state index contributed by atoms with van der Waals surface area (Å²) in [6.45, 7) is 1.91. The zero-order valence-electron chi connectivity index (χ0n) is 19.1. The van der Waals surface area contributed by atoms with Crippen molar-refractivity contribution in [1.82, 2.24) is 15.5 Å². The Kier molecular flexibility index (Phi) is 7.49. The number of benzene rings is 1. The van der Waals surface area contributed by atoms with E-state index in [4.69, 9.17) is 7.48 Å². The molecule has 0 bridgehead atoms. The fourth-order valence-corrected chi connectivity index (χ4v) is 3.27. The number of likely N-dealkylation sites (N-methyl/N-ethyl adjacent to an activating group) is 1. The summed E-state index contributed by atoms with van der Waals surface area (Å²) in [5.41, 5.74) is 0. The molecule has 0 saturated carbocycles. The minimum Gasteiger partial charge on any atom is -0.410 e. The first-order valence-electron chi connectivity index (χ1n) is 11.1. The maximum atomic E-state index is 13.1. The van der Waals surface area contributed by atoms with Gasteiger partial charge >= 0.3 is 6.09 Å². The molecule has 3 amide bonds. The number of aliphatic hydroxyl groups is 1. The Hall–Kier alpha value is -2.68. The van der Waals surface area contributed by atoms with Crippen molar-refractivity contribution >= 4 is 17.9 Å². The van der Waals surface area contributed by atoms with Gasteiger partial charge in [-0.25, -0.2) is 9.18 Å². The predicted molar refractivity (Wildman–Crippen MR) is 108 cm³/mol. The first kappa shape index (κ1) is 20.6. The van der Waals surface area contributed by atoms with E-state index in [9.17, 15) is 23.9 Å². The topological polar surface area (TPSA) is 108 Å². The van der Waals surface area contributed by atoms with Crippen molar-refractivity contribution in [2.24, 2.45) is 11.8 Å². The smallest absolute Gasteiger partial charge is 0.410 e. The number of halogens is 1. The zero-order chi connectivity index (χ0) is 23.8. The molecule has 0 aliphatic carbocycles. The molecule has 1 aromatic rings. The van der Waals surface area contributed by atoms with E-state index in [2.05, 4.69) is 10.6 Å². The fraction of sp³-hybridized carbons (Fsp3) is 0.571. The highest BCUT2D eigenvalue weighted by atomic mass is 19.1. The summed E-state index contributed by atoms with van der Waals surface area (Å²) in [6, 6.07) is 2.69. The maximum Gasteiger partial charge on any atom is 0.415 e. The van der Waals surface area contributed by atoms with E-state index in [1.54, 1.807) is 0 Å². The van der Waals surface area contributed by atoms with E-state index in [-0.39, 0.29) is 36.3 Å². The Morgan fingerprint density at radius 3 is 2.63 bits per heavy atom. The van der Waals surface area contributed by atoms with E-state index < -0.39 is 43.5 Å². The summed E-state index contributed by atoms with van der Waals surface area (Å²) < 4.78 is 33.9. The van der Waals surface area contributed by atoms with E-state index in [0.717, 1.165) is 12.1 Å². The van der Waals surface area contributed by atoms with E-state index in [1.807, 2.05) is 13.8 Å². The van der Waals surface area contributed by atoms with Gasteiger partial charge in [-0.2, -0.15) is 0 Å². The molecule has 2 rings (SSSR count). The third kappa shape index (κ3) is 6.69. The number of ether oxygens (including phenoxy) is 1. The van der Waals surface area contributed by atoms with Gasteiger partial charge in [-0.05, 0) is 49.4 Å². The van der Waals surface area contributed by atoms with Gasteiger partial charge in [-0.15, -0.1) is 0 Å². The number of nitrogens with zero attached hydrogens (tertiary/aromatic N) is 1. The number of aliphatic hydroxyl groups excluding tert-OH is 1. The Morgan fingerprint density at radius 2 is 2.10 bits per heavy atom. The highest BCUT2D eigenvalue weighted by molar-refractivity contribution is 5.86. The quantitative estimate of drug-likeness (QED) is 0.558. The molecule has 1 heterocycles. The van der Waals surface area contributed by atoms with Crippen LogP contribution in [0.1, 0.15) is 35.9 Å². The molecule has 166 valence electrons. The van der Waals surface area contributed by atoms with Gasteiger partial charge in [0.2, 0.25) is 11.8 Å². The molecule has 2 unspecified atom stereocenters. The highest BCUT2D eigenvalue weighted by Gasteiger charge is 2.32. The van der Waals surface area contributed by atoms with Crippen molar-refractivity contribution < 1.29 is 31.4 Å². The van der Waals surface area contributed by atoms with Crippen LogP contribution in [0.2, 0.25) is 0 Å². The summed E-state index contributed by atoms with van der Waals surface area (Å²) in [5.74, 6) is -1.72. The monoisotopic (exact) mass is 425 g/mol. The van der Waals surface area contributed by atoms with Crippen molar-refractivity contribution in [2.75, 3.05) is 20.2 Å². The molecule has 30 heavy (non-hydrogen) atoms. The van der Waals surface area contributed by atoms with Gasteiger partial charge in [0.15, 0.2) is 0 Å². The average molecular weight is 425 g/mol. The summed E-state index contributed by atoms with van der Waals surface area (Å²) in [4.78, 5) is 38.3. The van der Waals surface area contributed by atoms with Gasteiger partial charge < -0.3 is 20.5 Å². The molecule has 1 fully saturated rings. The van der Waals surface area contributed by atoms with Crippen LogP contribution in [0.15, 0.2) is 24.3 Å². The summed E-state index contributed by atoms with van der Waals surface area (Å²) >= 11 is 0. The second-order valence-electron chi connectivity index (χ2n) is 7.77. The molecule has 1 aromatic carbocycles. The summed E-state index contributed by atoms with van der Waals surface area (Å²) in [5, 5.41) is 15.0. The van der Waals surface area contributed by atoms with Gasteiger partial charge in [-0.3, -0.25) is 14.5 Å². The summed E-state index contributed by atoms with van der Waals surface area (Å²) in [7, 11) is 0. The van der Waals surface area contributed by atoms with Crippen LogP contribution in [0, 0.1) is 17.7 Å². The third-order valence-corrected chi connectivity index (χ3v) is 4.86. The molecule has 8 nitrogen and oxygen atoms in total. The lowest BCUT2D eigenvalue weighted by Crippen LogP contribution is -2.52. The van der Waals surface area contributed by atoms with Crippen LogP contribution in [-0.2, 0) is 9.59 Å². The Balaban J connectivity index is 2.16. The molecule has 3 N–H and O–H groups in total. The lowest BCUT2D eigenvalue weighted by molar-refractivity contribution is -0.128. The van der Waals surface area contributed by atoms with Crippen LogP contribution in [-0.4, -0.2) is 60.1 Å². The van der Waals surface area contributed by atoms with Crippen molar-refractivity contribution in [1.29, 1.82) is 0 Å². The van der Waals surface area contributed by atoms with Crippen LogP contribution in [0.3, 0.4) is 0 Å². The van der Waals surface area contributed by atoms with Crippen molar-refractivity contribution in [3.8, 4) is 5.75 Å². The molecule has 0 spiro atoms. The van der Waals surface area contributed by atoms with E-state index >= 15 is 0 Å². The number of hydrogen-bond donors (Lipinski definition) is 3. The largest absolute Gasteiger partial charge is 0.415 e. The van der Waals surface area contributed by atoms with Crippen molar-refractivity contribution in [2.45, 2.75) is 45.2 Å². The first-order chi connectivity index (χ1) is 15.1. The lowest BCUT2D eigenvalue weighted by Gasteiger charge is -2.29. The van der Waals surface area contributed by atoms with Gasteiger partial charge in [-0.1, -0.05) is 13.8 Å². The Bertz CT molecular complexity index is 794. The molecule has 0 aromatic heterocycles. The predicted octanol–water partition coefficient (Wildman–Crippen LogP) is 1.67. The molecule has 1 aliphatic heterocycles. The van der Waals surface area contributed by atoms with Gasteiger partial charge in [0.25, 0.3) is 0 Å². The molecule has 1 aliphatic rings. The highest BCUT2D eigenvalue weighted by Crippen LogP contribution is 2.18. The van der Waals surface area contributed by atoms with Crippen molar-refractivity contribution in [3.63, 3.8) is 0 Å². The SMILES string of the molecule is [2H]C([2H])N(C(=O)Oc1ccc(F)cc1)C(CC(C)C)C(=O)NC(CO)C[C@@H]1CCNC1=O. The van der Waals surface area contributed by atoms with Gasteiger partial charge in [0.1, 0.15) is 17.6 Å². The number of hydrogen-bond acceptors (Lipinski definition) is 5. The second-order valence-corrected chi connectivity index (χ2v) is 7.77. The maximum absolute atomic E-state index is 13.1. The molecule has 1 saturated heterocycles. The lowest BCUT2D eigenvalue weighted by atomic mass is 9.97. The first-order valence-corrected chi connectivity index (χ1v) is 9.91. The van der Waals surface area contributed by atoms with Crippen LogP contribution < -0.4 is 15.4 Å². The number of carbonyl (C=O) groups is 3. The molecular formula is C21H30FN3O5. The minimum absolute atomic E-state index is 0.00577. The van der Waals surface area contributed by atoms with Crippen LogP contribution >= 0.6 is 0 Å². The van der Waals surface area contributed by atoms with Gasteiger partial charge in [0, 0.05) is 22.2 Å². The fourth-order valence-electron chi connectivity index (χ4n) is 3.27. The Morgan fingerprint density at radius 1 is 1.40 bits per heavy atom. The van der Waals surface area contributed by atoms with E-state index in [1.165, 1.54) is 12.1 Å². The second kappa shape index (κ2) is 10.9. The zero-order valence-corrected chi connectivity index (χ0v) is 17.1. The van der Waals surface area contributed by atoms with Gasteiger partial charge in [0.05, 0.1) is 12.6 Å². The minimum atomic E-state index is -1.86. The molecule has 0 radical (unpaired) electrons. The average Bonchev–Trinajstić information content (AvgIpc) is 3.12. The number of amides is 3. The van der Waals surface area contributed by atoms with Crippen LogP contribution in [0.5, 0.6) is 5.75 Å². The van der Waals surface area contributed by atoms with E-state index in [0.29, 0.717) is 17.9 Å². The Labute approximate surface area is 178 Å². The number of nitrogens with one attached hydrogen (secondary N) is 2. The summed E-state index contributed by atoms with van der Waals surface area (Å²) in [6.07, 6.45) is -0.129. The molecule has 3 atom stereocenters.